The highest BCUT2D eigenvalue weighted by Crippen LogP contribution is 2.26. The SMILES string of the molecule is CC(C)NC(=O)c1ccccc1SC(C)C. The number of rotatable bonds is 4. The van der Waals surface area contributed by atoms with E-state index in [1.165, 1.54) is 0 Å². The Bertz CT molecular complexity index is 361. The van der Waals surface area contributed by atoms with Crippen LogP contribution in [0.3, 0.4) is 0 Å². The predicted octanol–water partition coefficient (Wildman–Crippen LogP) is 3.33. The van der Waals surface area contributed by atoms with Crippen LogP contribution < -0.4 is 5.32 Å². The molecule has 0 aromatic heterocycles. The summed E-state index contributed by atoms with van der Waals surface area (Å²) in [5, 5.41) is 3.40. The van der Waals surface area contributed by atoms with Crippen LogP contribution >= 0.6 is 11.8 Å². The minimum atomic E-state index is 0.0127. The average molecular weight is 237 g/mol. The van der Waals surface area contributed by atoms with Crippen molar-refractivity contribution in [3.8, 4) is 0 Å². The van der Waals surface area contributed by atoms with Crippen LogP contribution in [0.25, 0.3) is 0 Å². The fourth-order valence-corrected chi connectivity index (χ4v) is 2.30. The first kappa shape index (κ1) is 13.1. The summed E-state index contributed by atoms with van der Waals surface area (Å²) in [6.07, 6.45) is 0. The lowest BCUT2D eigenvalue weighted by atomic mass is 10.2. The molecule has 0 fully saturated rings. The second kappa shape index (κ2) is 5.94. The quantitative estimate of drug-likeness (QED) is 0.814. The smallest absolute Gasteiger partial charge is 0.252 e. The van der Waals surface area contributed by atoms with Gasteiger partial charge in [-0.15, -0.1) is 11.8 Å². The molecule has 88 valence electrons. The second-order valence-electron chi connectivity index (χ2n) is 4.29. The molecule has 0 aliphatic heterocycles. The van der Waals surface area contributed by atoms with Crippen LogP contribution in [0.5, 0.6) is 0 Å². The van der Waals surface area contributed by atoms with E-state index in [9.17, 15) is 4.79 Å². The lowest BCUT2D eigenvalue weighted by molar-refractivity contribution is 0.0940. The van der Waals surface area contributed by atoms with Gasteiger partial charge in [-0.2, -0.15) is 0 Å². The van der Waals surface area contributed by atoms with Crippen molar-refractivity contribution in [3.05, 3.63) is 29.8 Å². The molecule has 0 aliphatic rings. The summed E-state index contributed by atoms with van der Waals surface area (Å²) in [5.41, 5.74) is 0.773. The summed E-state index contributed by atoms with van der Waals surface area (Å²) in [7, 11) is 0. The Balaban J connectivity index is 2.89. The van der Waals surface area contributed by atoms with Gasteiger partial charge < -0.3 is 5.32 Å². The highest BCUT2D eigenvalue weighted by Gasteiger charge is 2.12. The van der Waals surface area contributed by atoms with Gasteiger partial charge in [0.1, 0.15) is 0 Å². The first-order valence-electron chi connectivity index (χ1n) is 5.57. The van der Waals surface area contributed by atoms with Gasteiger partial charge in [0.2, 0.25) is 0 Å². The van der Waals surface area contributed by atoms with Crippen molar-refractivity contribution in [2.24, 2.45) is 0 Å². The maximum atomic E-state index is 11.9. The summed E-state index contributed by atoms with van der Waals surface area (Å²) in [6, 6.07) is 7.92. The highest BCUT2D eigenvalue weighted by atomic mass is 32.2. The molecule has 2 nitrogen and oxygen atoms in total. The van der Waals surface area contributed by atoms with Gasteiger partial charge in [-0.1, -0.05) is 26.0 Å². The van der Waals surface area contributed by atoms with E-state index in [-0.39, 0.29) is 11.9 Å². The molecule has 0 unspecified atom stereocenters. The van der Waals surface area contributed by atoms with Crippen LogP contribution in [0.2, 0.25) is 0 Å². The predicted molar refractivity (Wildman–Crippen MR) is 70.0 cm³/mol. The van der Waals surface area contributed by atoms with Crippen LogP contribution in [-0.4, -0.2) is 17.2 Å². The molecule has 0 heterocycles. The van der Waals surface area contributed by atoms with E-state index >= 15 is 0 Å². The van der Waals surface area contributed by atoms with Crippen molar-refractivity contribution in [2.75, 3.05) is 0 Å². The number of carbonyl (C=O) groups excluding carboxylic acids is 1. The third-order valence-corrected chi connectivity index (χ3v) is 3.00. The van der Waals surface area contributed by atoms with Gasteiger partial charge in [0.05, 0.1) is 5.56 Å². The standard InChI is InChI=1S/C13H19NOS/c1-9(2)14-13(15)11-7-5-6-8-12(11)16-10(3)4/h5-10H,1-4H3,(H,14,15). The zero-order chi connectivity index (χ0) is 12.1. The molecule has 0 saturated carbocycles. The third-order valence-electron chi connectivity index (χ3n) is 1.91. The molecule has 16 heavy (non-hydrogen) atoms. The molecule has 3 heteroatoms. The zero-order valence-corrected chi connectivity index (χ0v) is 11.1. The molecule has 0 bridgehead atoms. The largest absolute Gasteiger partial charge is 0.350 e. The number of carbonyl (C=O) groups is 1. The van der Waals surface area contributed by atoms with Gasteiger partial charge in [0.25, 0.3) is 5.91 Å². The van der Waals surface area contributed by atoms with Gasteiger partial charge in [0.15, 0.2) is 0 Å². The zero-order valence-electron chi connectivity index (χ0n) is 10.3. The van der Waals surface area contributed by atoms with Gasteiger partial charge in [-0.3, -0.25) is 4.79 Å². The minimum Gasteiger partial charge on any atom is -0.350 e. The monoisotopic (exact) mass is 237 g/mol. The van der Waals surface area contributed by atoms with Crippen LogP contribution in [-0.2, 0) is 0 Å². The molecular weight excluding hydrogens is 218 g/mol. The summed E-state index contributed by atoms with van der Waals surface area (Å²) < 4.78 is 0. The van der Waals surface area contributed by atoms with E-state index < -0.39 is 0 Å². The van der Waals surface area contributed by atoms with Gasteiger partial charge >= 0.3 is 0 Å². The van der Waals surface area contributed by atoms with Gasteiger partial charge in [0, 0.05) is 16.2 Å². The maximum absolute atomic E-state index is 11.9. The Morgan fingerprint density at radius 1 is 1.19 bits per heavy atom. The fraction of sp³-hybridized carbons (Fsp3) is 0.462. The van der Waals surface area contributed by atoms with Crippen molar-refractivity contribution in [3.63, 3.8) is 0 Å². The number of hydrogen-bond acceptors (Lipinski definition) is 2. The van der Waals surface area contributed by atoms with Crippen LogP contribution in [0.4, 0.5) is 0 Å². The molecule has 0 radical (unpaired) electrons. The Labute approximate surface area is 102 Å². The number of amides is 1. The third kappa shape index (κ3) is 3.89. The second-order valence-corrected chi connectivity index (χ2v) is 5.91. The molecular formula is C13H19NOS. The highest BCUT2D eigenvalue weighted by molar-refractivity contribution is 8.00. The molecule has 1 amide bonds. The average Bonchev–Trinajstić information content (AvgIpc) is 2.16. The normalized spacial score (nSPS) is 10.9. The Morgan fingerprint density at radius 3 is 2.38 bits per heavy atom. The van der Waals surface area contributed by atoms with Crippen LogP contribution in [0.1, 0.15) is 38.1 Å². The summed E-state index contributed by atoms with van der Waals surface area (Å²) in [6.45, 7) is 8.19. The van der Waals surface area contributed by atoms with E-state index in [1.807, 2.05) is 38.1 Å². The van der Waals surface area contributed by atoms with Crippen molar-refractivity contribution in [1.82, 2.24) is 5.32 Å². The van der Waals surface area contributed by atoms with E-state index in [0.29, 0.717) is 5.25 Å². The first-order chi connectivity index (χ1) is 7.50. The molecule has 0 atom stereocenters. The molecule has 1 N–H and O–H groups in total. The minimum absolute atomic E-state index is 0.0127. The number of benzene rings is 1. The lowest BCUT2D eigenvalue weighted by Crippen LogP contribution is -2.30. The Kier molecular flexibility index (Phi) is 4.87. The van der Waals surface area contributed by atoms with E-state index in [1.54, 1.807) is 11.8 Å². The summed E-state index contributed by atoms with van der Waals surface area (Å²) >= 11 is 1.72. The van der Waals surface area contributed by atoms with Crippen molar-refractivity contribution in [2.45, 2.75) is 43.9 Å². The maximum Gasteiger partial charge on any atom is 0.252 e. The first-order valence-corrected chi connectivity index (χ1v) is 6.45. The van der Waals surface area contributed by atoms with Crippen LogP contribution in [0.15, 0.2) is 29.2 Å². The molecule has 1 aromatic carbocycles. The fourth-order valence-electron chi connectivity index (χ4n) is 1.35. The molecule has 0 spiro atoms. The lowest BCUT2D eigenvalue weighted by Gasteiger charge is -2.13. The van der Waals surface area contributed by atoms with E-state index in [0.717, 1.165) is 10.5 Å². The van der Waals surface area contributed by atoms with Gasteiger partial charge in [-0.25, -0.2) is 0 Å². The van der Waals surface area contributed by atoms with E-state index in [2.05, 4.69) is 19.2 Å². The Hall–Kier alpha value is -0.960. The Morgan fingerprint density at radius 2 is 1.81 bits per heavy atom. The summed E-state index contributed by atoms with van der Waals surface area (Å²) in [4.78, 5) is 13.0. The van der Waals surface area contributed by atoms with Crippen molar-refractivity contribution < 1.29 is 4.79 Å². The topological polar surface area (TPSA) is 29.1 Å². The number of nitrogens with one attached hydrogen (secondary N) is 1. The van der Waals surface area contributed by atoms with Crippen molar-refractivity contribution >= 4 is 17.7 Å². The number of thioether (sulfide) groups is 1. The summed E-state index contributed by atoms with van der Waals surface area (Å²) in [5.74, 6) is 0.0127. The van der Waals surface area contributed by atoms with Gasteiger partial charge in [-0.05, 0) is 26.0 Å². The van der Waals surface area contributed by atoms with E-state index in [4.69, 9.17) is 0 Å². The molecule has 1 aromatic rings. The van der Waals surface area contributed by atoms with Crippen LogP contribution in [0, 0.1) is 0 Å². The molecule has 0 saturated heterocycles. The molecule has 1 rings (SSSR count). The number of hydrogen-bond donors (Lipinski definition) is 1. The van der Waals surface area contributed by atoms with Crippen molar-refractivity contribution in [1.29, 1.82) is 0 Å². The molecule has 0 aliphatic carbocycles.